The highest BCUT2D eigenvalue weighted by Crippen LogP contribution is 2.47. The van der Waals surface area contributed by atoms with Gasteiger partial charge in [0.05, 0.1) is 0 Å². The minimum atomic E-state index is 0.192. The molecule has 14 heavy (non-hydrogen) atoms. The molecule has 1 aromatic carbocycles. The maximum atomic E-state index is 9.19. The van der Waals surface area contributed by atoms with Crippen molar-refractivity contribution < 1.29 is 5.11 Å². The lowest BCUT2D eigenvalue weighted by Gasteiger charge is -2.10. The molecule has 1 aromatic rings. The van der Waals surface area contributed by atoms with Crippen LogP contribution in [0.4, 0.5) is 0 Å². The first-order valence-corrected chi connectivity index (χ1v) is 4.94. The molecular weight excluding hydrogens is 172 g/mol. The molecule has 0 atom stereocenters. The van der Waals surface area contributed by atoms with Gasteiger partial charge in [-0.1, -0.05) is 18.1 Å². The standard InChI is InChI=1S/C13H14O/c1-2-11-3-5-12(6-4-11)9-13(10-14)7-8-13/h1,3-6,14H,7-10H2. The number of aliphatic hydroxyl groups is 1. The van der Waals surface area contributed by atoms with Crippen molar-refractivity contribution in [2.45, 2.75) is 19.3 Å². The second-order valence-corrected chi connectivity index (χ2v) is 4.18. The molecule has 0 aromatic heterocycles. The normalized spacial score (nSPS) is 17.4. The van der Waals surface area contributed by atoms with E-state index in [4.69, 9.17) is 6.42 Å². The molecule has 1 N–H and O–H groups in total. The molecule has 72 valence electrons. The summed E-state index contributed by atoms with van der Waals surface area (Å²) in [4.78, 5) is 0. The third kappa shape index (κ3) is 1.81. The highest BCUT2D eigenvalue weighted by molar-refractivity contribution is 5.34. The van der Waals surface area contributed by atoms with Gasteiger partial charge >= 0.3 is 0 Å². The average Bonchev–Trinajstić information content (AvgIpc) is 3.00. The summed E-state index contributed by atoms with van der Waals surface area (Å²) in [5.74, 6) is 2.60. The second-order valence-electron chi connectivity index (χ2n) is 4.18. The zero-order chi connectivity index (χ0) is 10.0. The van der Waals surface area contributed by atoms with Crippen molar-refractivity contribution in [2.75, 3.05) is 6.61 Å². The lowest BCUT2D eigenvalue weighted by Crippen LogP contribution is -2.09. The molecular formula is C13H14O. The predicted molar refractivity (Wildman–Crippen MR) is 56.8 cm³/mol. The number of rotatable bonds is 3. The van der Waals surface area contributed by atoms with Gasteiger partial charge in [-0.05, 0) is 42.4 Å². The molecule has 1 nitrogen and oxygen atoms in total. The average molecular weight is 186 g/mol. The van der Waals surface area contributed by atoms with Crippen molar-refractivity contribution in [1.82, 2.24) is 0 Å². The zero-order valence-electron chi connectivity index (χ0n) is 8.16. The second kappa shape index (κ2) is 3.48. The van der Waals surface area contributed by atoms with E-state index in [0.717, 1.165) is 24.8 Å². The van der Waals surface area contributed by atoms with Gasteiger partial charge in [-0.2, -0.15) is 0 Å². The lowest BCUT2D eigenvalue weighted by molar-refractivity contribution is 0.211. The van der Waals surface area contributed by atoms with Crippen LogP contribution in [0.5, 0.6) is 0 Å². The maximum Gasteiger partial charge on any atom is 0.0490 e. The third-order valence-corrected chi connectivity index (χ3v) is 2.99. The summed E-state index contributed by atoms with van der Waals surface area (Å²) in [6.07, 6.45) is 8.56. The van der Waals surface area contributed by atoms with E-state index in [1.807, 2.05) is 12.1 Å². The fourth-order valence-corrected chi connectivity index (χ4v) is 1.72. The Morgan fingerprint density at radius 1 is 1.29 bits per heavy atom. The maximum absolute atomic E-state index is 9.19. The van der Waals surface area contributed by atoms with E-state index in [0.29, 0.717) is 6.61 Å². The number of hydrogen-bond donors (Lipinski definition) is 1. The van der Waals surface area contributed by atoms with Crippen molar-refractivity contribution in [1.29, 1.82) is 0 Å². The summed E-state index contributed by atoms with van der Waals surface area (Å²) in [6.45, 7) is 0.309. The minimum Gasteiger partial charge on any atom is -0.396 e. The molecule has 0 aliphatic heterocycles. The van der Waals surface area contributed by atoms with Gasteiger partial charge in [0, 0.05) is 12.2 Å². The van der Waals surface area contributed by atoms with E-state index >= 15 is 0 Å². The van der Waals surface area contributed by atoms with Crippen molar-refractivity contribution in [3.8, 4) is 12.3 Å². The summed E-state index contributed by atoms with van der Waals surface area (Å²) in [5.41, 5.74) is 2.38. The SMILES string of the molecule is C#Cc1ccc(CC2(CO)CC2)cc1. The Hall–Kier alpha value is -1.26. The van der Waals surface area contributed by atoms with Gasteiger partial charge < -0.3 is 5.11 Å². The summed E-state index contributed by atoms with van der Waals surface area (Å²) in [6, 6.07) is 8.04. The Morgan fingerprint density at radius 3 is 2.36 bits per heavy atom. The molecule has 0 bridgehead atoms. The van der Waals surface area contributed by atoms with Crippen LogP contribution in [0.15, 0.2) is 24.3 Å². The smallest absolute Gasteiger partial charge is 0.0490 e. The van der Waals surface area contributed by atoms with Gasteiger partial charge in [0.2, 0.25) is 0 Å². The van der Waals surface area contributed by atoms with Crippen LogP contribution >= 0.6 is 0 Å². The quantitative estimate of drug-likeness (QED) is 0.716. The van der Waals surface area contributed by atoms with E-state index in [9.17, 15) is 5.11 Å². The van der Waals surface area contributed by atoms with Crippen molar-refractivity contribution in [2.24, 2.45) is 5.41 Å². The van der Waals surface area contributed by atoms with E-state index < -0.39 is 0 Å². The van der Waals surface area contributed by atoms with Gasteiger partial charge in [0.25, 0.3) is 0 Å². The van der Waals surface area contributed by atoms with Gasteiger partial charge in [0.15, 0.2) is 0 Å². The molecule has 1 saturated carbocycles. The Bertz CT molecular complexity index is 352. The lowest BCUT2D eigenvalue weighted by atomic mass is 9.97. The predicted octanol–water partition coefficient (Wildman–Crippen LogP) is 1.98. The zero-order valence-corrected chi connectivity index (χ0v) is 8.16. The Kier molecular flexibility index (Phi) is 2.31. The molecule has 2 rings (SSSR count). The Morgan fingerprint density at radius 2 is 1.93 bits per heavy atom. The summed E-state index contributed by atoms with van der Waals surface area (Å²) in [7, 11) is 0. The molecule has 0 unspecified atom stereocenters. The van der Waals surface area contributed by atoms with Crippen molar-refractivity contribution >= 4 is 0 Å². The van der Waals surface area contributed by atoms with Crippen LogP contribution < -0.4 is 0 Å². The topological polar surface area (TPSA) is 20.2 Å². The molecule has 0 saturated heterocycles. The van der Waals surface area contributed by atoms with Crippen LogP contribution in [0.25, 0.3) is 0 Å². The van der Waals surface area contributed by atoms with Crippen molar-refractivity contribution in [3.63, 3.8) is 0 Å². The number of benzene rings is 1. The van der Waals surface area contributed by atoms with E-state index in [1.165, 1.54) is 5.56 Å². The van der Waals surface area contributed by atoms with Crippen LogP contribution in [-0.2, 0) is 6.42 Å². The van der Waals surface area contributed by atoms with E-state index in [2.05, 4.69) is 18.1 Å². The van der Waals surface area contributed by atoms with E-state index in [1.54, 1.807) is 0 Å². The largest absolute Gasteiger partial charge is 0.396 e. The first-order chi connectivity index (χ1) is 6.78. The summed E-state index contributed by atoms with van der Waals surface area (Å²) < 4.78 is 0. The fraction of sp³-hybridized carbons (Fsp3) is 0.385. The minimum absolute atomic E-state index is 0.192. The van der Waals surface area contributed by atoms with Gasteiger partial charge in [-0.15, -0.1) is 6.42 Å². The van der Waals surface area contributed by atoms with Crippen LogP contribution in [-0.4, -0.2) is 11.7 Å². The number of terminal acetylenes is 1. The molecule has 0 radical (unpaired) electrons. The number of hydrogen-bond acceptors (Lipinski definition) is 1. The summed E-state index contributed by atoms with van der Waals surface area (Å²) >= 11 is 0. The van der Waals surface area contributed by atoms with Gasteiger partial charge in [0.1, 0.15) is 0 Å². The molecule has 1 fully saturated rings. The van der Waals surface area contributed by atoms with Crippen LogP contribution in [0.1, 0.15) is 24.0 Å². The monoisotopic (exact) mass is 186 g/mol. The molecule has 1 aliphatic rings. The highest BCUT2D eigenvalue weighted by Gasteiger charge is 2.41. The third-order valence-electron chi connectivity index (χ3n) is 2.99. The fourth-order valence-electron chi connectivity index (χ4n) is 1.72. The van der Waals surface area contributed by atoms with Crippen LogP contribution in [0, 0.1) is 17.8 Å². The Balaban J connectivity index is 2.08. The van der Waals surface area contributed by atoms with Crippen LogP contribution in [0.3, 0.4) is 0 Å². The molecule has 0 spiro atoms. The van der Waals surface area contributed by atoms with E-state index in [-0.39, 0.29) is 5.41 Å². The van der Waals surface area contributed by atoms with Gasteiger partial charge in [-0.3, -0.25) is 0 Å². The first-order valence-electron chi connectivity index (χ1n) is 4.94. The first kappa shape index (κ1) is 9.30. The molecule has 1 heteroatoms. The number of aliphatic hydroxyl groups excluding tert-OH is 1. The molecule has 0 heterocycles. The Labute approximate surface area is 84.8 Å². The van der Waals surface area contributed by atoms with Gasteiger partial charge in [-0.25, -0.2) is 0 Å². The highest BCUT2D eigenvalue weighted by atomic mass is 16.3. The molecule has 1 aliphatic carbocycles. The molecule has 0 amide bonds. The van der Waals surface area contributed by atoms with Crippen molar-refractivity contribution in [3.05, 3.63) is 35.4 Å². The van der Waals surface area contributed by atoms with Crippen LogP contribution in [0.2, 0.25) is 0 Å². The summed E-state index contributed by atoms with van der Waals surface area (Å²) in [5, 5.41) is 9.19.